The summed E-state index contributed by atoms with van der Waals surface area (Å²) in [7, 11) is 0. The van der Waals surface area contributed by atoms with Gasteiger partial charge in [-0.15, -0.1) is 0 Å². The minimum absolute atomic E-state index is 0.0821. The summed E-state index contributed by atoms with van der Waals surface area (Å²) in [5.41, 5.74) is 10.2. The fourth-order valence-corrected chi connectivity index (χ4v) is 3.67. The van der Waals surface area contributed by atoms with E-state index in [1.165, 1.54) is 11.1 Å². The average molecular weight is 370 g/mol. The summed E-state index contributed by atoms with van der Waals surface area (Å²) in [4.78, 5) is 9.66. The van der Waals surface area contributed by atoms with E-state index in [0.29, 0.717) is 5.56 Å². The molecule has 2 aromatic carbocycles. The van der Waals surface area contributed by atoms with Crippen LogP contribution in [-0.2, 0) is 5.41 Å². The Morgan fingerprint density at radius 2 is 1.54 bits per heavy atom. The highest BCUT2D eigenvalue weighted by Crippen LogP contribution is 2.32. The second-order valence-electron chi connectivity index (χ2n) is 8.62. The van der Waals surface area contributed by atoms with Crippen LogP contribution in [0.2, 0.25) is 0 Å². The highest BCUT2D eigenvalue weighted by atomic mass is 14.8. The molecule has 3 aromatic rings. The Bertz CT molecular complexity index is 1070. The summed E-state index contributed by atoms with van der Waals surface area (Å²) in [5.74, 6) is 0. The van der Waals surface area contributed by atoms with Gasteiger partial charge in [-0.2, -0.15) is 5.26 Å². The molecule has 0 aliphatic carbocycles. The van der Waals surface area contributed by atoms with Crippen molar-refractivity contribution in [1.82, 2.24) is 9.97 Å². The third-order valence-electron chi connectivity index (χ3n) is 5.08. The van der Waals surface area contributed by atoms with Crippen molar-refractivity contribution in [3.8, 4) is 28.6 Å². The Kier molecular flexibility index (Phi) is 5.08. The van der Waals surface area contributed by atoms with Crippen molar-refractivity contribution in [2.45, 2.75) is 53.9 Å². The monoisotopic (exact) mass is 369 g/mol. The van der Waals surface area contributed by atoms with Crippen molar-refractivity contribution in [2.75, 3.05) is 0 Å². The van der Waals surface area contributed by atoms with E-state index in [0.717, 1.165) is 39.3 Å². The second-order valence-corrected chi connectivity index (χ2v) is 8.62. The minimum Gasteiger partial charge on any atom is -0.252 e. The second kappa shape index (κ2) is 7.20. The van der Waals surface area contributed by atoms with E-state index in [1.807, 2.05) is 39.1 Å². The molecule has 1 heterocycles. The smallest absolute Gasteiger partial charge is 0.0991 e. The van der Waals surface area contributed by atoms with Crippen LogP contribution in [0.3, 0.4) is 0 Å². The molecular weight excluding hydrogens is 342 g/mol. The number of benzene rings is 2. The van der Waals surface area contributed by atoms with Gasteiger partial charge in [-0.25, -0.2) is 4.98 Å². The highest BCUT2D eigenvalue weighted by molar-refractivity contribution is 5.71. The summed E-state index contributed by atoms with van der Waals surface area (Å²) >= 11 is 0. The molecule has 0 amide bonds. The lowest BCUT2D eigenvalue weighted by atomic mass is 9.84. The largest absolute Gasteiger partial charge is 0.252 e. The van der Waals surface area contributed by atoms with Gasteiger partial charge in [0.1, 0.15) is 0 Å². The molecule has 28 heavy (non-hydrogen) atoms. The van der Waals surface area contributed by atoms with E-state index >= 15 is 0 Å². The first-order valence-electron chi connectivity index (χ1n) is 9.58. The van der Waals surface area contributed by atoms with Crippen molar-refractivity contribution in [3.63, 3.8) is 0 Å². The predicted molar refractivity (Wildman–Crippen MR) is 115 cm³/mol. The molecule has 0 aliphatic heterocycles. The third-order valence-corrected chi connectivity index (χ3v) is 5.08. The quantitative estimate of drug-likeness (QED) is 0.539. The summed E-state index contributed by atoms with van der Waals surface area (Å²) in [6.07, 6.45) is 1.85. The van der Waals surface area contributed by atoms with Gasteiger partial charge >= 0.3 is 0 Å². The SMILES string of the molecule is Cc1cc(-c2ncc(-c3c(C)cc(C#N)cc3C)nc2C)cc(C(C)(C)C)c1. The maximum absolute atomic E-state index is 9.18. The Hall–Kier alpha value is -2.99. The van der Waals surface area contributed by atoms with Gasteiger partial charge in [0.2, 0.25) is 0 Å². The van der Waals surface area contributed by atoms with Gasteiger partial charge in [-0.3, -0.25) is 4.98 Å². The van der Waals surface area contributed by atoms with Gasteiger partial charge in [0.05, 0.1) is 34.9 Å². The van der Waals surface area contributed by atoms with E-state index < -0.39 is 0 Å². The zero-order chi connectivity index (χ0) is 20.6. The van der Waals surface area contributed by atoms with Gasteiger partial charge < -0.3 is 0 Å². The molecule has 0 radical (unpaired) electrons. The molecule has 3 nitrogen and oxygen atoms in total. The summed E-state index contributed by atoms with van der Waals surface area (Å²) in [6, 6.07) is 12.7. The van der Waals surface area contributed by atoms with Crippen molar-refractivity contribution < 1.29 is 0 Å². The van der Waals surface area contributed by atoms with E-state index in [-0.39, 0.29) is 5.41 Å². The Balaban J connectivity index is 2.11. The van der Waals surface area contributed by atoms with E-state index in [2.05, 4.69) is 52.0 Å². The molecule has 0 saturated heterocycles. The maximum Gasteiger partial charge on any atom is 0.0991 e. The molecule has 0 N–H and O–H groups in total. The lowest BCUT2D eigenvalue weighted by Gasteiger charge is -2.21. The molecule has 0 unspecified atom stereocenters. The zero-order valence-electron chi connectivity index (χ0n) is 17.8. The fraction of sp³-hybridized carbons (Fsp3) is 0.320. The number of rotatable bonds is 2. The predicted octanol–water partition coefficient (Wildman–Crippen LogP) is 6.21. The summed E-state index contributed by atoms with van der Waals surface area (Å²) in [5, 5.41) is 9.18. The number of hydrogen-bond donors (Lipinski definition) is 0. The molecule has 0 spiro atoms. The van der Waals surface area contributed by atoms with E-state index in [1.54, 1.807) is 0 Å². The first-order chi connectivity index (χ1) is 13.1. The van der Waals surface area contributed by atoms with Crippen LogP contribution in [0.25, 0.3) is 22.5 Å². The van der Waals surface area contributed by atoms with Crippen molar-refractivity contribution in [1.29, 1.82) is 5.26 Å². The van der Waals surface area contributed by atoms with Crippen LogP contribution in [0.5, 0.6) is 0 Å². The summed E-state index contributed by atoms with van der Waals surface area (Å²) in [6.45, 7) is 14.9. The number of nitrogens with zero attached hydrogens (tertiary/aromatic N) is 3. The molecule has 0 atom stereocenters. The Labute approximate surface area is 168 Å². The van der Waals surface area contributed by atoms with Crippen LogP contribution in [0, 0.1) is 39.0 Å². The van der Waals surface area contributed by atoms with Gasteiger partial charge in [0, 0.05) is 11.1 Å². The average Bonchev–Trinajstić information content (AvgIpc) is 2.59. The number of nitriles is 1. The molecule has 0 aliphatic rings. The van der Waals surface area contributed by atoms with E-state index in [4.69, 9.17) is 9.97 Å². The third kappa shape index (κ3) is 3.82. The number of hydrogen-bond acceptors (Lipinski definition) is 3. The van der Waals surface area contributed by atoms with E-state index in [9.17, 15) is 5.26 Å². The highest BCUT2D eigenvalue weighted by Gasteiger charge is 2.17. The molecule has 0 bridgehead atoms. The van der Waals surface area contributed by atoms with Gasteiger partial charge in [0.25, 0.3) is 0 Å². The van der Waals surface area contributed by atoms with Crippen molar-refractivity contribution in [3.05, 3.63) is 70.0 Å². The molecule has 3 heteroatoms. The molecular formula is C25H27N3. The zero-order valence-corrected chi connectivity index (χ0v) is 17.8. The fourth-order valence-electron chi connectivity index (χ4n) is 3.67. The van der Waals surface area contributed by atoms with Crippen molar-refractivity contribution in [2.24, 2.45) is 0 Å². The Morgan fingerprint density at radius 3 is 2.07 bits per heavy atom. The first-order valence-corrected chi connectivity index (χ1v) is 9.58. The van der Waals surface area contributed by atoms with Crippen LogP contribution in [0.1, 0.15) is 54.3 Å². The summed E-state index contributed by atoms with van der Waals surface area (Å²) < 4.78 is 0. The molecule has 0 fully saturated rings. The lowest BCUT2D eigenvalue weighted by molar-refractivity contribution is 0.590. The lowest BCUT2D eigenvalue weighted by Crippen LogP contribution is -2.11. The van der Waals surface area contributed by atoms with Crippen LogP contribution in [0.15, 0.2) is 36.5 Å². The van der Waals surface area contributed by atoms with Gasteiger partial charge in [-0.05, 0) is 74.1 Å². The molecule has 0 saturated carbocycles. The maximum atomic E-state index is 9.18. The van der Waals surface area contributed by atoms with Gasteiger partial charge in [0.15, 0.2) is 0 Å². The van der Waals surface area contributed by atoms with Crippen LogP contribution in [-0.4, -0.2) is 9.97 Å². The molecule has 1 aromatic heterocycles. The first kappa shape index (κ1) is 19.8. The normalized spacial score (nSPS) is 11.4. The molecule has 142 valence electrons. The van der Waals surface area contributed by atoms with Gasteiger partial charge in [-0.1, -0.05) is 32.4 Å². The topological polar surface area (TPSA) is 49.6 Å². The van der Waals surface area contributed by atoms with Crippen LogP contribution in [0.4, 0.5) is 0 Å². The van der Waals surface area contributed by atoms with Crippen LogP contribution >= 0.6 is 0 Å². The van der Waals surface area contributed by atoms with Crippen LogP contribution < -0.4 is 0 Å². The minimum atomic E-state index is 0.0821. The Morgan fingerprint density at radius 1 is 0.893 bits per heavy atom. The standard InChI is InChI=1S/C25H27N3/c1-15-8-20(12-21(9-15)25(5,6)7)24-18(4)28-22(14-27-24)23-16(2)10-19(13-26)11-17(23)3/h8-12,14H,1-7H3. The van der Waals surface area contributed by atoms with Crippen molar-refractivity contribution >= 4 is 0 Å². The number of aromatic nitrogens is 2. The molecule has 3 rings (SSSR count). The number of aryl methyl sites for hydroxylation is 4.